The lowest BCUT2D eigenvalue weighted by molar-refractivity contribution is -0.131. The van der Waals surface area contributed by atoms with E-state index in [1.807, 2.05) is 30.3 Å². The second kappa shape index (κ2) is 6.39. The van der Waals surface area contributed by atoms with E-state index in [9.17, 15) is 14.4 Å². The summed E-state index contributed by atoms with van der Waals surface area (Å²) >= 11 is 0. The SMILES string of the molecule is CNC(=O)c1cccc(CN2C(=O)NC(C)(c3ccccc3)C2=O)c1. The number of rotatable bonds is 4. The topological polar surface area (TPSA) is 78.5 Å². The van der Waals surface area contributed by atoms with Crippen LogP contribution in [0.25, 0.3) is 0 Å². The Morgan fingerprint density at radius 1 is 1.12 bits per heavy atom. The number of hydrogen-bond acceptors (Lipinski definition) is 3. The van der Waals surface area contributed by atoms with Crippen LogP contribution in [0.5, 0.6) is 0 Å². The maximum Gasteiger partial charge on any atom is 0.325 e. The van der Waals surface area contributed by atoms with Crippen LogP contribution in [0.3, 0.4) is 0 Å². The molecule has 0 saturated carbocycles. The van der Waals surface area contributed by atoms with Gasteiger partial charge >= 0.3 is 6.03 Å². The quantitative estimate of drug-likeness (QED) is 0.838. The molecule has 4 amide bonds. The fourth-order valence-corrected chi connectivity index (χ4v) is 2.95. The van der Waals surface area contributed by atoms with Gasteiger partial charge in [0.2, 0.25) is 0 Å². The number of carbonyl (C=O) groups excluding carboxylic acids is 3. The molecule has 2 aromatic rings. The fourth-order valence-electron chi connectivity index (χ4n) is 2.95. The van der Waals surface area contributed by atoms with Crippen molar-refractivity contribution in [3.63, 3.8) is 0 Å². The first-order valence-electron chi connectivity index (χ1n) is 7.96. The highest BCUT2D eigenvalue weighted by molar-refractivity contribution is 6.07. The summed E-state index contributed by atoms with van der Waals surface area (Å²) in [5, 5.41) is 5.33. The zero-order valence-electron chi connectivity index (χ0n) is 14.1. The van der Waals surface area contributed by atoms with Gasteiger partial charge in [0.25, 0.3) is 11.8 Å². The van der Waals surface area contributed by atoms with Crippen molar-refractivity contribution in [2.75, 3.05) is 7.05 Å². The van der Waals surface area contributed by atoms with Gasteiger partial charge in [-0.1, -0.05) is 42.5 Å². The first-order valence-corrected chi connectivity index (χ1v) is 7.96. The Balaban J connectivity index is 1.86. The van der Waals surface area contributed by atoms with Gasteiger partial charge in [-0.2, -0.15) is 0 Å². The van der Waals surface area contributed by atoms with E-state index in [0.717, 1.165) is 5.56 Å². The molecular formula is C19H19N3O3. The first kappa shape index (κ1) is 16.7. The van der Waals surface area contributed by atoms with Gasteiger partial charge in [0.1, 0.15) is 5.54 Å². The summed E-state index contributed by atoms with van der Waals surface area (Å²) in [5.74, 6) is -0.526. The number of nitrogens with one attached hydrogen (secondary N) is 2. The van der Waals surface area contributed by atoms with Crippen molar-refractivity contribution in [2.45, 2.75) is 19.0 Å². The maximum absolute atomic E-state index is 12.9. The molecule has 2 N–H and O–H groups in total. The predicted octanol–water partition coefficient (Wildman–Crippen LogP) is 2.01. The van der Waals surface area contributed by atoms with Crippen LogP contribution in [-0.2, 0) is 16.9 Å². The molecule has 1 atom stereocenters. The Kier molecular flexibility index (Phi) is 4.27. The number of urea groups is 1. The molecule has 0 bridgehead atoms. The van der Waals surface area contributed by atoms with Crippen LogP contribution in [0.15, 0.2) is 54.6 Å². The van der Waals surface area contributed by atoms with Crippen LogP contribution in [0, 0.1) is 0 Å². The van der Waals surface area contributed by atoms with Crippen molar-refractivity contribution >= 4 is 17.8 Å². The molecule has 0 spiro atoms. The Bertz CT molecular complexity index is 835. The standard InChI is InChI=1S/C19H19N3O3/c1-19(15-9-4-3-5-10-15)17(24)22(18(25)21-19)12-13-7-6-8-14(11-13)16(23)20-2/h3-11H,12H2,1-2H3,(H,20,23)(H,21,25). The molecule has 0 aliphatic carbocycles. The van der Waals surface area contributed by atoms with Crippen LogP contribution in [0.4, 0.5) is 4.79 Å². The molecule has 2 aromatic carbocycles. The first-order chi connectivity index (χ1) is 12.0. The second-order valence-corrected chi connectivity index (χ2v) is 6.09. The number of nitrogens with zero attached hydrogens (tertiary/aromatic N) is 1. The number of amides is 4. The highest BCUT2D eigenvalue weighted by Gasteiger charge is 2.48. The monoisotopic (exact) mass is 337 g/mol. The lowest BCUT2D eigenvalue weighted by Gasteiger charge is -2.22. The molecule has 0 aromatic heterocycles. The van der Waals surface area contributed by atoms with E-state index in [4.69, 9.17) is 0 Å². The highest BCUT2D eigenvalue weighted by Crippen LogP contribution is 2.29. The van der Waals surface area contributed by atoms with Gasteiger partial charge in [-0.25, -0.2) is 4.79 Å². The summed E-state index contributed by atoms with van der Waals surface area (Å²) in [4.78, 5) is 38.2. The van der Waals surface area contributed by atoms with E-state index in [0.29, 0.717) is 11.1 Å². The lowest BCUT2D eigenvalue weighted by Crippen LogP contribution is -2.40. The van der Waals surface area contributed by atoms with Crippen LogP contribution in [-0.4, -0.2) is 29.8 Å². The Hall–Kier alpha value is -3.15. The molecule has 0 radical (unpaired) electrons. The largest absolute Gasteiger partial charge is 0.355 e. The van der Waals surface area contributed by atoms with E-state index in [1.54, 1.807) is 38.2 Å². The van der Waals surface area contributed by atoms with E-state index in [-0.39, 0.29) is 18.4 Å². The summed E-state index contributed by atoms with van der Waals surface area (Å²) in [6.45, 7) is 1.81. The van der Waals surface area contributed by atoms with E-state index in [2.05, 4.69) is 10.6 Å². The molecule has 25 heavy (non-hydrogen) atoms. The summed E-state index contributed by atoms with van der Waals surface area (Å²) in [5.41, 5.74) is 0.839. The Labute approximate surface area is 145 Å². The summed E-state index contributed by atoms with van der Waals surface area (Å²) in [7, 11) is 1.55. The number of benzene rings is 2. The lowest BCUT2D eigenvalue weighted by atomic mass is 9.92. The third kappa shape index (κ3) is 2.98. The van der Waals surface area contributed by atoms with Crippen molar-refractivity contribution in [3.8, 4) is 0 Å². The molecule has 1 heterocycles. The summed E-state index contributed by atoms with van der Waals surface area (Å²) < 4.78 is 0. The van der Waals surface area contributed by atoms with Crippen molar-refractivity contribution in [1.82, 2.24) is 15.5 Å². The molecule has 1 saturated heterocycles. The van der Waals surface area contributed by atoms with Gasteiger partial charge in [-0.05, 0) is 30.2 Å². The third-order valence-electron chi connectivity index (χ3n) is 4.38. The minimum absolute atomic E-state index is 0.109. The maximum atomic E-state index is 12.9. The fraction of sp³-hybridized carbons (Fsp3) is 0.211. The smallest absolute Gasteiger partial charge is 0.325 e. The summed E-state index contributed by atoms with van der Waals surface area (Å²) in [6.07, 6.45) is 0. The number of hydrogen-bond donors (Lipinski definition) is 2. The number of imide groups is 1. The predicted molar refractivity (Wildman–Crippen MR) is 92.7 cm³/mol. The van der Waals surface area contributed by atoms with Crippen molar-refractivity contribution < 1.29 is 14.4 Å². The Morgan fingerprint density at radius 3 is 2.52 bits per heavy atom. The molecule has 1 unspecified atom stereocenters. The molecule has 1 aliphatic heterocycles. The van der Waals surface area contributed by atoms with E-state index >= 15 is 0 Å². The van der Waals surface area contributed by atoms with Crippen molar-refractivity contribution in [2.24, 2.45) is 0 Å². The Morgan fingerprint density at radius 2 is 1.84 bits per heavy atom. The average molecular weight is 337 g/mol. The van der Waals surface area contributed by atoms with Gasteiger partial charge in [0.05, 0.1) is 6.54 Å². The van der Waals surface area contributed by atoms with Gasteiger partial charge in [-0.15, -0.1) is 0 Å². The molecule has 6 nitrogen and oxygen atoms in total. The zero-order chi connectivity index (χ0) is 18.0. The van der Waals surface area contributed by atoms with Gasteiger partial charge < -0.3 is 10.6 Å². The van der Waals surface area contributed by atoms with Crippen LogP contribution in [0.1, 0.15) is 28.4 Å². The zero-order valence-corrected chi connectivity index (χ0v) is 14.1. The molecule has 128 valence electrons. The van der Waals surface area contributed by atoms with Gasteiger partial charge in [0, 0.05) is 12.6 Å². The van der Waals surface area contributed by atoms with E-state index < -0.39 is 11.6 Å². The minimum atomic E-state index is -1.09. The molecule has 1 aliphatic rings. The number of carbonyl (C=O) groups is 3. The van der Waals surface area contributed by atoms with Crippen LogP contribution < -0.4 is 10.6 Å². The average Bonchev–Trinajstić information content (AvgIpc) is 2.86. The highest BCUT2D eigenvalue weighted by atomic mass is 16.2. The molecular weight excluding hydrogens is 318 g/mol. The summed E-state index contributed by atoms with van der Waals surface area (Å²) in [6, 6.07) is 15.6. The molecule has 3 rings (SSSR count). The van der Waals surface area contributed by atoms with Gasteiger partial charge in [-0.3, -0.25) is 14.5 Å². The van der Waals surface area contributed by atoms with Gasteiger partial charge in [0.15, 0.2) is 0 Å². The third-order valence-corrected chi connectivity index (χ3v) is 4.38. The van der Waals surface area contributed by atoms with Crippen LogP contribution >= 0.6 is 0 Å². The normalized spacial score (nSPS) is 19.7. The second-order valence-electron chi connectivity index (χ2n) is 6.09. The van der Waals surface area contributed by atoms with Crippen LogP contribution in [0.2, 0.25) is 0 Å². The molecule has 6 heteroatoms. The van der Waals surface area contributed by atoms with Crippen molar-refractivity contribution in [3.05, 3.63) is 71.3 Å². The molecule has 1 fully saturated rings. The minimum Gasteiger partial charge on any atom is -0.355 e. The van der Waals surface area contributed by atoms with Crippen molar-refractivity contribution in [1.29, 1.82) is 0 Å². The van der Waals surface area contributed by atoms with E-state index in [1.165, 1.54) is 4.90 Å².